The number of fused-ring (bicyclic) bond motifs is 1. The van der Waals surface area contributed by atoms with Crippen LogP contribution in [0.25, 0.3) is 0 Å². The quantitative estimate of drug-likeness (QED) is 0.364. The summed E-state index contributed by atoms with van der Waals surface area (Å²) in [7, 11) is 1.32. The molecule has 1 unspecified atom stereocenters. The number of rotatable bonds is 2. The molecule has 2 aromatic rings. The van der Waals surface area contributed by atoms with Crippen molar-refractivity contribution in [1.29, 1.82) is 0 Å². The molecule has 1 aliphatic heterocycles. The lowest BCUT2D eigenvalue weighted by Gasteiger charge is -2.30. The van der Waals surface area contributed by atoms with Gasteiger partial charge >= 0.3 is 5.97 Å². The van der Waals surface area contributed by atoms with Gasteiger partial charge in [-0.3, -0.25) is 0 Å². The minimum Gasteiger partial charge on any atom is -0.506 e. The SMILES string of the molecule is COC(=O)C1=C(C)Nc2nc(=S)[nH]c(N)c2C1c1cc(Br)c(O)c(Br)c1. The number of anilines is 2. The van der Waals surface area contributed by atoms with E-state index < -0.39 is 11.9 Å². The van der Waals surface area contributed by atoms with E-state index in [0.29, 0.717) is 43.0 Å². The van der Waals surface area contributed by atoms with E-state index in [1.54, 1.807) is 19.1 Å². The van der Waals surface area contributed by atoms with Crippen molar-refractivity contribution in [2.75, 3.05) is 18.2 Å². The van der Waals surface area contributed by atoms with Crippen LogP contribution >= 0.6 is 44.1 Å². The normalized spacial score (nSPS) is 16.1. The standard InChI is InChI=1S/C16H14Br2N4O3S/c1-5-9(15(24)25-2)10(6-3-7(17)12(23)8(18)4-6)11-13(19)21-16(26)22-14(11)20-5/h3-4,10,23H,1-2H3,(H4,19,20,21,22,26). The van der Waals surface area contributed by atoms with Crippen molar-refractivity contribution in [3.63, 3.8) is 0 Å². The van der Waals surface area contributed by atoms with Gasteiger partial charge in [0.1, 0.15) is 17.4 Å². The van der Waals surface area contributed by atoms with E-state index in [-0.39, 0.29) is 10.5 Å². The number of carbonyl (C=O) groups excluding carboxylic acids is 1. The average molecular weight is 502 g/mol. The topological polar surface area (TPSA) is 113 Å². The van der Waals surface area contributed by atoms with Gasteiger partial charge in [0.15, 0.2) is 4.77 Å². The predicted octanol–water partition coefficient (Wildman–Crippen LogP) is 3.96. The zero-order valence-electron chi connectivity index (χ0n) is 13.7. The number of aromatic hydroxyl groups is 1. The number of nitrogen functional groups attached to an aromatic ring is 1. The van der Waals surface area contributed by atoms with Crippen LogP contribution in [0.1, 0.15) is 24.0 Å². The number of nitrogens with zero attached hydrogens (tertiary/aromatic N) is 1. The smallest absolute Gasteiger partial charge is 0.336 e. The molecule has 1 atom stereocenters. The van der Waals surface area contributed by atoms with Crippen molar-refractivity contribution in [3.05, 3.63) is 48.2 Å². The molecule has 26 heavy (non-hydrogen) atoms. The monoisotopic (exact) mass is 500 g/mol. The van der Waals surface area contributed by atoms with E-state index in [4.69, 9.17) is 22.7 Å². The first kappa shape index (κ1) is 18.9. The van der Waals surface area contributed by atoms with E-state index in [9.17, 15) is 9.90 Å². The number of aromatic amines is 1. The minimum atomic E-state index is -0.564. The highest BCUT2D eigenvalue weighted by Gasteiger charge is 2.36. The number of nitrogens with one attached hydrogen (secondary N) is 2. The highest BCUT2D eigenvalue weighted by Crippen LogP contribution is 2.46. The fourth-order valence-corrected chi connectivity index (χ4v) is 4.38. The Balaban J connectivity index is 2.35. The zero-order chi connectivity index (χ0) is 19.2. The Morgan fingerprint density at radius 2 is 2.00 bits per heavy atom. The molecule has 0 fully saturated rings. The second kappa shape index (κ2) is 7.01. The Labute approximate surface area is 170 Å². The van der Waals surface area contributed by atoms with Crippen LogP contribution in [0.15, 0.2) is 32.3 Å². The largest absolute Gasteiger partial charge is 0.506 e. The molecule has 0 spiro atoms. The van der Waals surface area contributed by atoms with Gasteiger partial charge in [-0.2, -0.15) is 0 Å². The predicted molar refractivity (Wildman–Crippen MR) is 108 cm³/mol. The Kier molecular flexibility index (Phi) is 5.09. The number of hydrogen-bond acceptors (Lipinski definition) is 7. The number of aromatic nitrogens is 2. The summed E-state index contributed by atoms with van der Waals surface area (Å²) in [6, 6.07) is 3.44. The van der Waals surface area contributed by atoms with E-state index >= 15 is 0 Å². The van der Waals surface area contributed by atoms with E-state index in [2.05, 4.69) is 47.1 Å². The van der Waals surface area contributed by atoms with Crippen molar-refractivity contribution in [2.24, 2.45) is 0 Å². The molecule has 136 valence electrons. The number of hydrogen-bond donors (Lipinski definition) is 4. The number of halogens is 2. The van der Waals surface area contributed by atoms with Crippen LogP contribution in [0.4, 0.5) is 11.6 Å². The summed E-state index contributed by atoms with van der Waals surface area (Å²) in [6.45, 7) is 1.75. The van der Waals surface area contributed by atoms with Crippen LogP contribution in [0.5, 0.6) is 5.75 Å². The van der Waals surface area contributed by atoms with E-state index in [0.717, 1.165) is 0 Å². The molecule has 2 heterocycles. The third kappa shape index (κ3) is 3.12. The van der Waals surface area contributed by atoms with Crippen molar-refractivity contribution in [2.45, 2.75) is 12.8 Å². The maximum absolute atomic E-state index is 12.5. The minimum absolute atomic E-state index is 0.0572. The molecule has 5 N–H and O–H groups in total. The van der Waals surface area contributed by atoms with Crippen LogP contribution < -0.4 is 11.1 Å². The Bertz CT molecular complexity index is 996. The second-order valence-electron chi connectivity index (χ2n) is 5.64. The number of benzene rings is 1. The van der Waals surface area contributed by atoms with Crippen molar-refractivity contribution in [3.8, 4) is 5.75 Å². The van der Waals surface area contributed by atoms with Gasteiger partial charge in [-0.15, -0.1) is 0 Å². The van der Waals surface area contributed by atoms with Crippen LogP contribution in [-0.2, 0) is 9.53 Å². The summed E-state index contributed by atoms with van der Waals surface area (Å²) < 4.78 is 6.15. The fraction of sp³-hybridized carbons (Fsp3) is 0.188. The molecule has 0 saturated heterocycles. The van der Waals surface area contributed by atoms with Crippen LogP contribution in [0, 0.1) is 4.77 Å². The Morgan fingerprint density at radius 1 is 1.38 bits per heavy atom. The Morgan fingerprint density at radius 3 is 2.58 bits per heavy atom. The number of ether oxygens (including phenoxy) is 1. The maximum Gasteiger partial charge on any atom is 0.336 e. The average Bonchev–Trinajstić information content (AvgIpc) is 2.57. The van der Waals surface area contributed by atoms with Gasteiger partial charge in [-0.05, 0) is 68.7 Å². The number of methoxy groups -OCH3 is 1. The highest BCUT2D eigenvalue weighted by atomic mass is 79.9. The van der Waals surface area contributed by atoms with Gasteiger partial charge in [0.05, 0.1) is 27.5 Å². The van der Waals surface area contributed by atoms with Crippen molar-refractivity contribution >= 4 is 61.7 Å². The first-order chi connectivity index (χ1) is 12.2. The third-order valence-electron chi connectivity index (χ3n) is 4.07. The van der Waals surface area contributed by atoms with Crippen LogP contribution in [0.3, 0.4) is 0 Å². The molecule has 0 aliphatic carbocycles. The highest BCUT2D eigenvalue weighted by molar-refractivity contribution is 9.11. The molecule has 0 bridgehead atoms. The van der Waals surface area contributed by atoms with E-state index in [1.165, 1.54) is 7.11 Å². The summed E-state index contributed by atoms with van der Waals surface area (Å²) in [4.78, 5) is 19.6. The lowest BCUT2D eigenvalue weighted by atomic mass is 9.82. The first-order valence-corrected chi connectivity index (χ1v) is 9.37. The number of nitrogens with two attached hydrogens (primary N) is 1. The van der Waals surface area contributed by atoms with Gasteiger partial charge in [0, 0.05) is 11.3 Å². The lowest BCUT2D eigenvalue weighted by molar-refractivity contribution is -0.136. The third-order valence-corrected chi connectivity index (χ3v) is 5.47. The second-order valence-corrected chi connectivity index (χ2v) is 7.73. The van der Waals surface area contributed by atoms with Gasteiger partial charge in [0.25, 0.3) is 0 Å². The van der Waals surface area contributed by atoms with Gasteiger partial charge < -0.3 is 25.9 Å². The van der Waals surface area contributed by atoms with E-state index in [1.807, 2.05) is 0 Å². The molecule has 1 aliphatic rings. The molecule has 0 radical (unpaired) electrons. The van der Waals surface area contributed by atoms with Crippen molar-refractivity contribution in [1.82, 2.24) is 9.97 Å². The molecule has 10 heteroatoms. The lowest BCUT2D eigenvalue weighted by Crippen LogP contribution is -2.26. The maximum atomic E-state index is 12.5. The summed E-state index contributed by atoms with van der Waals surface area (Å²) >= 11 is 11.7. The summed E-state index contributed by atoms with van der Waals surface area (Å²) in [6.07, 6.45) is 0. The van der Waals surface area contributed by atoms with Gasteiger partial charge in [0.2, 0.25) is 0 Å². The fourth-order valence-electron chi connectivity index (χ4n) is 2.96. The number of phenols is 1. The number of phenolic OH excluding ortho intramolecular Hbond substituents is 1. The number of esters is 1. The number of allylic oxidation sites excluding steroid dienone is 1. The summed E-state index contributed by atoms with van der Waals surface area (Å²) in [5, 5.41) is 13.1. The zero-order valence-corrected chi connectivity index (χ0v) is 17.7. The number of H-pyrrole nitrogens is 1. The Hall–Kier alpha value is -1.91. The molecule has 7 nitrogen and oxygen atoms in total. The van der Waals surface area contributed by atoms with Crippen LogP contribution in [-0.4, -0.2) is 28.2 Å². The summed E-state index contributed by atoms with van der Waals surface area (Å²) in [5.74, 6) is -0.227. The molecule has 0 amide bonds. The summed E-state index contributed by atoms with van der Waals surface area (Å²) in [5.41, 5.74) is 8.44. The molecule has 0 saturated carbocycles. The van der Waals surface area contributed by atoms with Gasteiger partial charge in [-0.1, -0.05) is 0 Å². The van der Waals surface area contributed by atoms with Crippen LogP contribution in [0.2, 0.25) is 0 Å². The molecular formula is C16H14Br2N4O3S. The molecule has 3 rings (SSSR count). The molecular weight excluding hydrogens is 488 g/mol. The number of carbonyl (C=O) groups is 1. The molecule has 1 aromatic heterocycles. The van der Waals surface area contributed by atoms with Gasteiger partial charge in [-0.25, -0.2) is 9.78 Å². The molecule has 1 aromatic carbocycles. The van der Waals surface area contributed by atoms with Crippen molar-refractivity contribution < 1.29 is 14.6 Å². The first-order valence-electron chi connectivity index (χ1n) is 7.38.